The molecule has 3 heterocycles. The Morgan fingerprint density at radius 3 is 2.15 bits per heavy atom. The van der Waals surface area contributed by atoms with Crippen molar-refractivity contribution in [2.75, 3.05) is 64.4 Å². The maximum absolute atomic E-state index is 15.6. The Kier molecular flexibility index (Phi) is 16.5. The van der Waals surface area contributed by atoms with Crippen molar-refractivity contribution in [1.29, 1.82) is 0 Å². The minimum Gasteiger partial charge on any atom is -0.487 e. The molecule has 9 N–H and O–H groups in total. The fraction of sp³-hybridized carbons (Fsp3) is 0.658. The number of piperazine rings is 1. The van der Waals surface area contributed by atoms with Gasteiger partial charge in [-0.1, -0.05) is 44.9 Å². The van der Waals surface area contributed by atoms with Gasteiger partial charge in [-0.2, -0.15) is 0 Å². The monoisotopic (exact) mass is 757 g/mol. The molecule has 15 nitrogen and oxygen atoms in total. The molecule has 1 fully saturated rings. The highest BCUT2D eigenvalue weighted by Gasteiger charge is 2.31. The molecular weight excluding hydrogens is 697 g/mol. The van der Waals surface area contributed by atoms with E-state index < -0.39 is 41.1 Å². The van der Waals surface area contributed by atoms with Crippen LogP contribution in [0, 0.1) is 5.82 Å². The Labute approximate surface area is 316 Å². The van der Waals surface area contributed by atoms with Gasteiger partial charge in [-0.25, -0.2) is 4.39 Å². The zero-order valence-corrected chi connectivity index (χ0v) is 31.9. The van der Waals surface area contributed by atoms with E-state index in [4.69, 9.17) is 21.9 Å². The third-order valence-corrected chi connectivity index (χ3v) is 10.3. The average Bonchev–Trinajstić information content (AvgIpc) is 3.14. The number of nitrogens with one attached hydrogen (secondary N) is 3. The van der Waals surface area contributed by atoms with E-state index >= 15 is 4.39 Å². The molecule has 2 aliphatic heterocycles. The van der Waals surface area contributed by atoms with Gasteiger partial charge in [-0.15, -0.1) is 0 Å². The number of likely N-dealkylation sites (N-methyl/N-ethyl adjacent to an activating group) is 1. The number of primary amides is 1. The number of benzene rings is 1. The van der Waals surface area contributed by atoms with E-state index in [0.29, 0.717) is 56.0 Å². The van der Waals surface area contributed by atoms with Crippen molar-refractivity contribution in [2.24, 2.45) is 17.2 Å². The van der Waals surface area contributed by atoms with Crippen molar-refractivity contribution < 1.29 is 28.3 Å². The Morgan fingerprint density at radius 2 is 1.52 bits per heavy atom. The van der Waals surface area contributed by atoms with Crippen LogP contribution in [-0.4, -0.2) is 105 Å². The van der Waals surface area contributed by atoms with E-state index in [-0.39, 0.29) is 48.8 Å². The molecule has 0 aliphatic carbocycles. The van der Waals surface area contributed by atoms with E-state index in [1.807, 2.05) is 23.4 Å². The normalized spacial score (nSPS) is 16.8. The number of nitrogens with zero attached hydrogens (tertiary/aromatic N) is 3. The lowest BCUT2D eigenvalue weighted by atomic mass is 10.0. The van der Waals surface area contributed by atoms with E-state index in [1.54, 1.807) is 6.20 Å². The lowest BCUT2D eigenvalue weighted by Crippen LogP contribution is -2.53. The highest BCUT2D eigenvalue weighted by atomic mass is 19.1. The summed E-state index contributed by atoms with van der Waals surface area (Å²) in [4.78, 5) is 67.5. The molecule has 2 aliphatic rings. The van der Waals surface area contributed by atoms with Gasteiger partial charge >= 0.3 is 0 Å². The second-order valence-corrected chi connectivity index (χ2v) is 14.6. The summed E-state index contributed by atoms with van der Waals surface area (Å²) in [5.41, 5.74) is 16.8. The van der Waals surface area contributed by atoms with Crippen LogP contribution in [0.3, 0.4) is 0 Å². The zero-order chi connectivity index (χ0) is 39.2. The second kappa shape index (κ2) is 21.0. The van der Waals surface area contributed by atoms with Crippen molar-refractivity contribution >= 4 is 40.2 Å². The first-order valence-electron chi connectivity index (χ1n) is 19.5. The number of hydrogen-bond acceptors (Lipinski definition) is 10. The number of carbonyl (C=O) groups excluding carboxylic acids is 4. The number of aromatic nitrogens is 1. The Morgan fingerprint density at radius 1 is 0.907 bits per heavy atom. The number of nitrogens with two attached hydrogens (primary N) is 3. The summed E-state index contributed by atoms with van der Waals surface area (Å²) < 4.78 is 23.6. The first-order valence-corrected chi connectivity index (χ1v) is 19.5. The summed E-state index contributed by atoms with van der Waals surface area (Å²) in [5, 5.41) is 8.30. The Balaban J connectivity index is 1.13. The van der Waals surface area contributed by atoms with Gasteiger partial charge in [0.2, 0.25) is 23.2 Å². The van der Waals surface area contributed by atoms with Crippen molar-refractivity contribution in [1.82, 2.24) is 25.4 Å². The van der Waals surface area contributed by atoms with Crippen LogP contribution in [0.25, 0.3) is 10.9 Å². The van der Waals surface area contributed by atoms with Crippen LogP contribution < -0.4 is 48.2 Å². The van der Waals surface area contributed by atoms with Crippen molar-refractivity contribution in [3.8, 4) is 5.75 Å². The van der Waals surface area contributed by atoms with Gasteiger partial charge in [-0.3, -0.25) is 24.0 Å². The van der Waals surface area contributed by atoms with Gasteiger partial charge in [0.05, 0.1) is 16.9 Å². The van der Waals surface area contributed by atoms with E-state index in [0.717, 1.165) is 64.5 Å². The van der Waals surface area contributed by atoms with E-state index in [2.05, 4.69) is 20.9 Å². The van der Waals surface area contributed by atoms with Gasteiger partial charge < -0.3 is 52.3 Å². The smallest absolute Gasteiger partial charge is 0.256 e. The number of carbonyl (C=O) groups is 4. The molecule has 0 radical (unpaired) electrons. The summed E-state index contributed by atoms with van der Waals surface area (Å²) in [6.45, 7) is 5.97. The molecule has 3 atom stereocenters. The number of amides is 4. The van der Waals surface area contributed by atoms with Crippen LogP contribution in [0.2, 0.25) is 0 Å². The predicted molar refractivity (Wildman–Crippen MR) is 207 cm³/mol. The molecule has 1 aromatic carbocycles. The number of pyridine rings is 1. The molecular formula is C38H60FN9O6. The van der Waals surface area contributed by atoms with Crippen LogP contribution in [0.1, 0.15) is 100 Å². The summed E-state index contributed by atoms with van der Waals surface area (Å²) >= 11 is 0. The SMILES string of the molecule is C[C@H]1COc2c(N3CCN(C)CC3)c(F)cc3c(=O)c(C(=O)NCCCCCCCCCCCC(=O)N[C@@H](CCN)C(=O)N[C@@H](CCN)C(N)=O)cn1c23. The van der Waals surface area contributed by atoms with Gasteiger partial charge in [0, 0.05) is 45.3 Å². The molecule has 300 valence electrons. The second-order valence-electron chi connectivity index (χ2n) is 14.6. The lowest BCUT2D eigenvalue weighted by Gasteiger charge is -2.37. The van der Waals surface area contributed by atoms with Crippen LogP contribution in [0.5, 0.6) is 5.75 Å². The summed E-state index contributed by atoms with van der Waals surface area (Å²) in [5.74, 6) is -2.03. The molecule has 0 unspecified atom stereocenters. The number of hydrogen-bond donors (Lipinski definition) is 6. The van der Waals surface area contributed by atoms with Crippen molar-refractivity contribution in [3.05, 3.63) is 33.9 Å². The largest absolute Gasteiger partial charge is 0.487 e. The minimum atomic E-state index is -0.897. The summed E-state index contributed by atoms with van der Waals surface area (Å²) in [7, 11) is 2.03. The molecule has 0 saturated carbocycles. The molecule has 0 spiro atoms. The van der Waals surface area contributed by atoms with Gasteiger partial charge in [-0.05, 0) is 58.8 Å². The summed E-state index contributed by atoms with van der Waals surface area (Å²) in [6.07, 6.45) is 10.8. The fourth-order valence-electron chi connectivity index (χ4n) is 7.07. The number of unbranched alkanes of at least 4 members (excludes halogenated alkanes) is 8. The van der Waals surface area contributed by atoms with Crippen LogP contribution in [0.4, 0.5) is 10.1 Å². The number of rotatable bonds is 22. The molecule has 1 aromatic heterocycles. The minimum absolute atomic E-state index is 0.00368. The van der Waals surface area contributed by atoms with Crippen LogP contribution in [-0.2, 0) is 14.4 Å². The molecule has 2 aromatic rings. The standard InChI is InChI=1S/C38H60FN9O6/c1-25-24-54-35-32-26(22-28(39)33(35)47-20-18-46(2)19-21-47)34(50)27(23-48(25)32)37(52)43-17-11-9-7-5-3-4-6-8-10-12-31(49)44-30(14-16-41)38(53)45-29(13-15-40)36(42)51/h22-23,25,29-30H,3-21,24,40-41H2,1-2H3,(H2,42,51)(H,43,52)(H,44,49)(H,45,53)/t25-,29-,30-/m0/s1. The average molecular weight is 758 g/mol. The third kappa shape index (κ3) is 11.4. The number of anilines is 1. The van der Waals surface area contributed by atoms with E-state index in [9.17, 15) is 24.0 Å². The first-order chi connectivity index (χ1) is 26.0. The molecule has 54 heavy (non-hydrogen) atoms. The predicted octanol–water partition coefficient (Wildman–Crippen LogP) is 1.63. The van der Waals surface area contributed by atoms with Crippen LogP contribution >= 0.6 is 0 Å². The first kappa shape index (κ1) is 42.5. The highest BCUT2D eigenvalue weighted by molar-refractivity contribution is 6.00. The number of halogens is 1. The number of ether oxygens (including phenoxy) is 1. The Bertz CT molecular complexity index is 1660. The summed E-state index contributed by atoms with van der Waals surface area (Å²) in [6, 6.07) is -0.614. The molecule has 16 heteroatoms. The highest BCUT2D eigenvalue weighted by Crippen LogP contribution is 2.42. The van der Waals surface area contributed by atoms with Gasteiger partial charge in [0.1, 0.15) is 29.9 Å². The fourth-order valence-corrected chi connectivity index (χ4v) is 7.07. The maximum Gasteiger partial charge on any atom is 0.256 e. The topological polar surface area (TPSA) is 220 Å². The van der Waals surface area contributed by atoms with E-state index in [1.165, 1.54) is 6.07 Å². The maximum atomic E-state index is 15.6. The zero-order valence-electron chi connectivity index (χ0n) is 31.9. The molecule has 0 bridgehead atoms. The Hall–Kier alpha value is -4.28. The molecule has 1 saturated heterocycles. The van der Waals surface area contributed by atoms with Crippen molar-refractivity contribution in [2.45, 2.75) is 102 Å². The lowest BCUT2D eigenvalue weighted by molar-refractivity contribution is -0.131. The van der Waals surface area contributed by atoms with Crippen molar-refractivity contribution in [3.63, 3.8) is 0 Å². The third-order valence-electron chi connectivity index (χ3n) is 10.3. The van der Waals surface area contributed by atoms with Gasteiger partial charge in [0.25, 0.3) is 5.91 Å². The van der Waals surface area contributed by atoms with Gasteiger partial charge in [0.15, 0.2) is 11.6 Å². The quantitative estimate of drug-likeness (QED) is 0.0954. The van der Waals surface area contributed by atoms with Crippen LogP contribution in [0.15, 0.2) is 17.1 Å². The molecule has 4 amide bonds. The molecule has 4 rings (SSSR count).